The van der Waals surface area contributed by atoms with Crippen LogP contribution in [-0.4, -0.2) is 48.9 Å². The normalized spacial score (nSPS) is 12.4. The van der Waals surface area contributed by atoms with E-state index < -0.39 is 29.6 Å². The van der Waals surface area contributed by atoms with Crippen molar-refractivity contribution in [3.05, 3.63) is 99.9 Å². The minimum absolute atomic E-state index is 0.0719. The lowest BCUT2D eigenvalue weighted by Gasteiger charge is -2.17. The number of ether oxygens (including phenoxy) is 2. The number of alkyl carbamates (subject to hydrolysis) is 1. The van der Waals surface area contributed by atoms with E-state index in [4.69, 9.17) is 20.3 Å². The molecule has 10 heteroatoms. The largest absolute Gasteiger partial charge is 0.492 e. The Kier molecular flexibility index (Phi) is 9.80. The Hall–Kier alpha value is -5.56. The molecule has 3 N–H and O–H groups in total. The lowest BCUT2D eigenvalue weighted by molar-refractivity contribution is -0.139. The van der Waals surface area contributed by atoms with Gasteiger partial charge in [-0.1, -0.05) is 48.5 Å². The van der Waals surface area contributed by atoms with Crippen LogP contribution in [0.25, 0.3) is 22.1 Å². The first-order valence-corrected chi connectivity index (χ1v) is 14.6. The van der Waals surface area contributed by atoms with Gasteiger partial charge in [0, 0.05) is 30.3 Å². The molecule has 4 aromatic rings. The van der Waals surface area contributed by atoms with Crippen molar-refractivity contribution in [1.29, 1.82) is 0 Å². The summed E-state index contributed by atoms with van der Waals surface area (Å²) in [4.78, 5) is 49.5. The van der Waals surface area contributed by atoms with Crippen molar-refractivity contribution in [3.63, 3.8) is 0 Å². The number of aliphatic carboxylic acids is 1. The minimum Gasteiger partial charge on any atom is -0.492 e. The second-order valence-corrected chi connectivity index (χ2v) is 10.6. The Morgan fingerprint density at radius 3 is 2.38 bits per heavy atom. The smallest absolute Gasteiger partial charge is 0.407 e. The fraction of sp³-hybridized carbons (Fsp3) is 0.257. The van der Waals surface area contributed by atoms with Gasteiger partial charge in [0.25, 0.3) is 5.91 Å². The van der Waals surface area contributed by atoms with Crippen LogP contribution in [0.3, 0.4) is 0 Å². The molecule has 3 aromatic carbocycles. The van der Waals surface area contributed by atoms with Crippen LogP contribution < -0.4 is 21.0 Å². The fourth-order valence-electron chi connectivity index (χ4n) is 5.38. The standard InChI is InChI=1S/C35H32N2O8/c1-2-3-18-43-23-16-15-22-19-28(34(41)45-31(22)20-23)32(38)36-17-9-8-14-30(33(39)40)37-35(42)44-21-29-26-12-6-4-10-24(26)25-11-5-7-13-27(25)29/h1,4-7,10-13,15-16,19-20,29-30H,3,8-9,14,17-18,21H2,(H,36,38)(H,37,42)(H,39,40)/t30-/m0/s1. The van der Waals surface area contributed by atoms with Crippen molar-refractivity contribution in [2.45, 2.75) is 37.6 Å². The molecule has 0 fully saturated rings. The topological polar surface area (TPSA) is 144 Å². The Balaban J connectivity index is 1.08. The highest BCUT2D eigenvalue weighted by molar-refractivity contribution is 5.96. The van der Waals surface area contributed by atoms with Crippen molar-refractivity contribution in [2.75, 3.05) is 19.8 Å². The average molecular weight is 609 g/mol. The molecule has 0 saturated heterocycles. The summed E-state index contributed by atoms with van der Waals surface area (Å²) < 4.78 is 16.3. The first-order chi connectivity index (χ1) is 21.9. The van der Waals surface area contributed by atoms with Crippen LogP contribution in [0, 0.1) is 12.3 Å². The van der Waals surface area contributed by atoms with Crippen LogP contribution >= 0.6 is 0 Å². The van der Waals surface area contributed by atoms with E-state index in [1.165, 1.54) is 6.07 Å². The zero-order valence-corrected chi connectivity index (χ0v) is 24.4. The molecule has 45 heavy (non-hydrogen) atoms. The molecular formula is C35H32N2O8. The lowest BCUT2D eigenvalue weighted by Crippen LogP contribution is -2.41. The number of carboxylic acid groups (broad SMARTS) is 1. The quantitative estimate of drug-likeness (QED) is 0.108. The number of carboxylic acids is 1. The Bertz CT molecular complexity index is 1780. The number of unbranched alkanes of at least 4 members (excludes halogenated alkanes) is 1. The average Bonchev–Trinajstić information content (AvgIpc) is 3.36. The van der Waals surface area contributed by atoms with Crippen LogP contribution in [0.5, 0.6) is 5.75 Å². The van der Waals surface area contributed by atoms with Gasteiger partial charge in [-0.25, -0.2) is 14.4 Å². The van der Waals surface area contributed by atoms with Gasteiger partial charge >= 0.3 is 17.7 Å². The van der Waals surface area contributed by atoms with Crippen LogP contribution in [0.1, 0.15) is 53.1 Å². The second kappa shape index (κ2) is 14.3. The van der Waals surface area contributed by atoms with E-state index >= 15 is 0 Å². The summed E-state index contributed by atoms with van der Waals surface area (Å²) in [5, 5.41) is 15.3. The number of terminal acetylenes is 1. The minimum atomic E-state index is -1.19. The molecule has 0 saturated carbocycles. The molecule has 1 atom stereocenters. The predicted octanol–water partition coefficient (Wildman–Crippen LogP) is 5.09. The van der Waals surface area contributed by atoms with Gasteiger partial charge in [0.2, 0.25) is 0 Å². The summed E-state index contributed by atoms with van der Waals surface area (Å²) in [6.07, 6.45) is 5.77. The molecule has 10 nitrogen and oxygen atoms in total. The summed E-state index contributed by atoms with van der Waals surface area (Å²) in [7, 11) is 0. The first kappa shape index (κ1) is 30.9. The van der Waals surface area contributed by atoms with E-state index in [1.807, 2.05) is 48.5 Å². The molecule has 2 amide bonds. The first-order valence-electron chi connectivity index (χ1n) is 14.6. The third-order valence-electron chi connectivity index (χ3n) is 7.61. The van der Waals surface area contributed by atoms with E-state index in [9.17, 15) is 24.3 Å². The monoisotopic (exact) mass is 608 g/mol. The maximum Gasteiger partial charge on any atom is 0.407 e. The molecule has 0 aliphatic heterocycles. The number of hydrogen-bond acceptors (Lipinski definition) is 7. The zero-order chi connectivity index (χ0) is 31.8. The molecule has 5 rings (SSSR count). The summed E-state index contributed by atoms with van der Waals surface area (Å²) in [5.41, 5.74) is 3.63. The molecule has 1 aliphatic carbocycles. The maximum atomic E-state index is 12.7. The van der Waals surface area contributed by atoms with Crippen molar-refractivity contribution >= 4 is 28.9 Å². The zero-order valence-electron chi connectivity index (χ0n) is 24.4. The van der Waals surface area contributed by atoms with Crippen LogP contribution in [0.15, 0.2) is 82.0 Å². The molecule has 1 heterocycles. The Morgan fingerprint density at radius 1 is 0.978 bits per heavy atom. The Labute approximate surface area is 259 Å². The van der Waals surface area contributed by atoms with E-state index in [1.54, 1.807) is 18.2 Å². The molecule has 0 spiro atoms. The number of amides is 2. The molecule has 1 aliphatic rings. The summed E-state index contributed by atoms with van der Waals surface area (Å²) >= 11 is 0. The predicted molar refractivity (Wildman–Crippen MR) is 167 cm³/mol. The van der Waals surface area contributed by atoms with E-state index in [2.05, 4.69) is 16.6 Å². The van der Waals surface area contributed by atoms with Gasteiger partial charge in [-0.15, -0.1) is 12.3 Å². The van der Waals surface area contributed by atoms with E-state index in [0.29, 0.717) is 37.0 Å². The highest BCUT2D eigenvalue weighted by Crippen LogP contribution is 2.44. The summed E-state index contributed by atoms with van der Waals surface area (Å²) in [5.74, 6) is 1.03. The molecule has 1 aromatic heterocycles. The van der Waals surface area contributed by atoms with Gasteiger partial charge in [0.15, 0.2) is 0 Å². The van der Waals surface area contributed by atoms with Crippen molar-refractivity contribution in [1.82, 2.24) is 10.6 Å². The van der Waals surface area contributed by atoms with Gasteiger partial charge in [-0.3, -0.25) is 4.79 Å². The molecule has 0 unspecified atom stereocenters. The van der Waals surface area contributed by atoms with Crippen molar-refractivity contribution in [2.24, 2.45) is 0 Å². The van der Waals surface area contributed by atoms with Crippen LogP contribution in [-0.2, 0) is 9.53 Å². The maximum absolute atomic E-state index is 12.7. The van der Waals surface area contributed by atoms with Crippen molar-refractivity contribution < 1.29 is 33.4 Å². The molecule has 230 valence electrons. The van der Waals surface area contributed by atoms with E-state index in [0.717, 1.165) is 22.3 Å². The number of fused-ring (bicyclic) bond motifs is 4. The van der Waals surface area contributed by atoms with Gasteiger partial charge in [-0.2, -0.15) is 0 Å². The third-order valence-corrected chi connectivity index (χ3v) is 7.61. The molecule has 0 bridgehead atoms. The highest BCUT2D eigenvalue weighted by atomic mass is 16.5. The van der Waals surface area contributed by atoms with Crippen LogP contribution in [0.4, 0.5) is 4.79 Å². The third kappa shape index (κ3) is 7.33. The van der Waals surface area contributed by atoms with Gasteiger partial charge in [-0.05, 0) is 59.7 Å². The molecule has 0 radical (unpaired) electrons. The number of benzene rings is 3. The number of carbonyl (C=O) groups excluding carboxylic acids is 2. The number of carbonyl (C=O) groups is 3. The summed E-state index contributed by atoms with van der Waals surface area (Å²) in [6, 6.07) is 21.1. The van der Waals surface area contributed by atoms with Gasteiger partial charge in [0.05, 0.1) is 6.61 Å². The Morgan fingerprint density at radius 2 is 1.69 bits per heavy atom. The summed E-state index contributed by atoms with van der Waals surface area (Å²) in [6.45, 7) is 0.587. The van der Waals surface area contributed by atoms with Crippen molar-refractivity contribution in [3.8, 4) is 29.2 Å². The van der Waals surface area contributed by atoms with E-state index in [-0.39, 0.29) is 36.6 Å². The fourth-order valence-corrected chi connectivity index (χ4v) is 5.38. The SMILES string of the molecule is C#CCCOc1ccc2cc(C(=O)NCCCC[C@H](NC(=O)OCC3c4ccccc4-c4ccccc43)C(=O)O)c(=O)oc2c1. The highest BCUT2D eigenvalue weighted by Gasteiger charge is 2.29. The number of nitrogens with one attached hydrogen (secondary N) is 2. The second-order valence-electron chi connectivity index (χ2n) is 10.6. The molecular weight excluding hydrogens is 576 g/mol. The van der Waals surface area contributed by atoms with Gasteiger partial charge in [0.1, 0.15) is 29.5 Å². The van der Waals surface area contributed by atoms with Gasteiger partial charge < -0.3 is 29.6 Å². The number of rotatable bonds is 13. The number of hydrogen-bond donors (Lipinski definition) is 3. The van der Waals surface area contributed by atoms with Crippen LogP contribution in [0.2, 0.25) is 0 Å². The lowest BCUT2D eigenvalue weighted by atomic mass is 9.98.